The predicted octanol–water partition coefficient (Wildman–Crippen LogP) is 2.14. The molecule has 1 aliphatic rings. The average Bonchev–Trinajstić information content (AvgIpc) is 3.00. The molecule has 1 aromatic rings. The van der Waals surface area contributed by atoms with Gasteiger partial charge in [0.15, 0.2) is 6.19 Å². The van der Waals surface area contributed by atoms with Gasteiger partial charge in [-0.15, -0.1) is 0 Å². The first kappa shape index (κ1) is 22.3. The molecule has 1 fully saturated rings. The van der Waals surface area contributed by atoms with Crippen molar-refractivity contribution in [2.24, 2.45) is 5.41 Å². The predicted molar refractivity (Wildman–Crippen MR) is 103 cm³/mol. The Kier molecular flexibility index (Phi) is 6.80. The minimum Gasteiger partial charge on any atom is -0.495 e. The van der Waals surface area contributed by atoms with Crippen molar-refractivity contribution in [3.63, 3.8) is 0 Å². The van der Waals surface area contributed by atoms with Crippen molar-refractivity contribution in [1.29, 1.82) is 5.26 Å². The number of methoxy groups -OCH3 is 2. The van der Waals surface area contributed by atoms with E-state index in [2.05, 4.69) is 10.9 Å². The monoisotopic (exact) mass is 429 g/mol. The highest BCUT2D eigenvalue weighted by Crippen LogP contribution is 2.33. The van der Waals surface area contributed by atoms with Crippen LogP contribution in [0, 0.1) is 16.9 Å². The van der Waals surface area contributed by atoms with Crippen LogP contribution in [0.5, 0.6) is 5.75 Å². The molecule has 1 N–H and O–H groups in total. The molecule has 2 rings (SSSR count). The fourth-order valence-electron chi connectivity index (χ4n) is 3.41. The maximum atomic E-state index is 12.8. The van der Waals surface area contributed by atoms with Gasteiger partial charge < -0.3 is 14.4 Å². The number of carbonyl (C=O) groups excluding carboxylic acids is 1. The Balaban J connectivity index is 2.19. The highest BCUT2D eigenvalue weighted by molar-refractivity contribution is 7.89. The lowest BCUT2D eigenvalue weighted by Gasteiger charge is -2.27. The zero-order valence-corrected chi connectivity index (χ0v) is 17.8. The molecule has 0 radical (unpaired) electrons. The van der Waals surface area contributed by atoms with E-state index in [1.54, 1.807) is 13.8 Å². The molecule has 1 aliphatic heterocycles. The van der Waals surface area contributed by atoms with E-state index >= 15 is 0 Å². The van der Waals surface area contributed by atoms with Gasteiger partial charge in [0, 0.05) is 23.7 Å². The Bertz CT molecular complexity index is 882. The van der Waals surface area contributed by atoms with Gasteiger partial charge >= 0.3 is 5.97 Å². The van der Waals surface area contributed by atoms with E-state index in [1.165, 1.54) is 37.3 Å². The second-order valence-electron chi connectivity index (χ2n) is 7.33. The molecule has 1 saturated heterocycles. The molecule has 8 nitrogen and oxygen atoms in total. The third kappa shape index (κ3) is 4.87. The maximum absolute atomic E-state index is 12.8. The van der Waals surface area contributed by atoms with Crippen LogP contribution in [0.1, 0.15) is 26.7 Å². The Labute approximate surface area is 170 Å². The Morgan fingerprint density at radius 1 is 1.43 bits per heavy atom. The average molecular weight is 430 g/mol. The van der Waals surface area contributed by atoms with Gasteiger partial charge in [-0.05, 0) is 44.9 Å². The molecule has 10 heteroatoms. The second-order valence-corrected chi connectivity index (χ2v) is 9.45. The Morgan fingerprint density at radius 3 is 2.68 bits per heavy atom. The number of likely N-dealkylation sites (tertiary alicyclic amines) is 1. The van der Waals surface area contributed by atoms with Crippen LogP contribution in [0.4, 0.5) is 0 Å². The minimum absolute atomic E-state index is 0.0654. The van der Waals surface area contributed by atoms with Gasteiger partial charge in [0.1, 0.15) is 10.6 Å². The SMILES string of the molecule is COC(=O)C(C)(C)C[C@@H]1C[C@@H](NS(=O)(=O)c2cc(Cl)ccc2OC)CN1C#N. The van der Waals surface area contributed by atoms with Gasteiger partial charge in [0.05, 0.1) is 19.6 Å². The van der Waals surface area contributed by atoms with E-state index in [0.717, 1.165) is 0 Å². The van der Waals surface area contributed by atoms with E-state index in [9.17, 15) is 18.5 Å². The minimum atomic E-state index is -3.92. The molecule has 0 aliphatic carbocycles. The molecule has 0 amide bonds. The van der Waals surface area contributed by atoms with Gasteiger partial charge in [0.2, 0.25) is 10.0 Å². The lowest BCUT2D eigenvalue weighted by atomic mass is 9.85. The summed E-state index contributed by atoms with van der Waals surface area (Å²) in [7, 11) is -1.23. The summed E-state index contributed by atoms with van der Waals surface area (Å²) in [6.07, 6.45) is 2.83. The number of nitriles is 1. The van der Waals surface area contributed by atoms with Crippen LogP contribution in [-0.2, 0) is 19.6 Å². The topological polar surface area (TPSA) is 109 Å². The van der Waals surface area contributed by atoms with Gasteiger partial charge in [-0.2, -0.15) is 5.26 Å². The number of halogens is 1. The first-order valence-corrected chi connectivity index (χ1v) is 10.5. The Hall–Kier alpha value is -2.02. The smallest absolute Gasteiger partial charge is 0.311 e. The van der Waals surface area contributed by atoms with Crippen molar-refractivity contribution in [3.8, 4) is 11.9 Å². The lowest BCUT2D eigenvalue weighted by Crippen LogP contribution is -2.36. The van der Waals surface area contributed by atoms with E-state index in [0.29, 0.717) is 12.8 Å². The van der Waals surface area contributed by atoms with Gasteiger partial charge in [-0.1, -0.05) is 11.6 Å². The second kappa shape index (κ2) is 8.55. The molecule has 0 aromatic heterocycles. The van der Waals surface area contributed by atoms with Crippen molar-refractivity contribution in [3.05, 3.63) is 23.2 Å². The fourth-order valence-corrected chi connectivity index (χ4v) is 5.08. The third-order valence-electron chi connectivity index (χ3n) is 4.76. The third-order valence-corrected chi connectivity index (χ3v) is 6.54. The Morgan fingerprint density at radius 2 is 2.11 bits per heavy atom. The number of rotatable bonds is 7. The summed E-state index contributed by atoms with van der Waals surface area (Å²) >= 11 is 5.94. The van der Waals surface area contributed by atoms with Crippen LogP contribution < -0.4 is 9.46 Å². The zero-order chi connectivity index (χ0) is 21.1. The molecule has 0 spiro atoms. The maximum Gasteiger partial charge on any atom is 0.311 e. The highest BCUT2D eigenvalue weighted by atomic mass is 35.5. The van der Waals surface area contributed by atoms with Crippen molar-refractivity contribution < 1.29 is 22.7 Å². The van der Waals surface area contributed by atoms with Crippen LogP contribution in [0.2, 0.25) is 5.02 Å². The van der Waals surface area contributed by atoms with E-state index in [1.807, 2.05) is 0 Å². The quantitative estimate of drug-likeness (QED) is 0.522. The molecular formula is C18H24ClN3O5S. The van der Waals surface area contributed by atoms with Crippen LogP contribution >= 0.6 is 11.6 Å². The highest BCUT2D eigenvalue weighted by Gasteiger charge is 2.40. The van der Waals surface area contributed by atoms with E-state index < -0.39 is 21.5 Å². The summed E-state index contributed by atoms with van der Waals surface area (Å²) in [6.45, 7) is 3.69. The first-order chi connectivity index (χ1) is 13.0. The van der Waals surface area contributed by atoms with Crippen molar-refractivity contribution in [2.75, 3.05) is 20.8 Å². The largest absolute Gasteiger partial charge is 0.495 e. The summed E-state index contributed by atoms with van der Waals surface area (Å²) in [5, 5.41) is 9.69. The summed E-state index contributed by atoms with van der Waals surface area (Å²) in [6, 6.07) is 3.56. The normalized spacial score (nSPS) is 19.9. The number of nitrogens with one attached hydrogen (secondary N) is 1. The number of benzene rings is 1. The summed E-state index contributed by atoms with van der Waals surface area (Å²) in [4.78, 5) is 13.4. The molecule has 1 aromatic carbocycles. The van der Waals surface area contributed by atoms with E-state index in [-0.39, 0.29) is 34.2 Å². The van der Waals surface area contributed by atoms with Crippen LogP contribution in [0.25, 0.3) is 0 Å². The number of ether oxygens (including phenoxy) is 2. The molecule has 1 heterocycles. The summed E-state index contributed by atoms with van der Waals surface area (Å²) in [5.41, 5.74) is -0.793. The van der Waals surface area contributed by atoms with Crippen LogP contribution in [0.3, 0.4) is 0 Å². The van der Waals surface area contributed by atoms with Crippen LogP contribution in [-0.4, -0.2) is 52.1 Å². The lowest BCUT2D eigenvalue weighted by molar-refractivity contribution is -0.151. The van der Waals surface area contributed by atoms with Gasteiger partial charge in [-0.25, -0.2) is 13.1 Å². The molecule has 2 atom stereocenters. The zero-order valence-electron chi connectivity index (χ0n) is 16.2. The first-order valence-electron chi connectivity index (χ1n) is 8.64. The number of sulfonamides is 1. The molecule has 28 heavy (non-hydrogen) atoms. The van der Waals surface area contributed by atoms with Gasteiger partial charge in [-0.3, -0.25) is 4.79 Å². The molecule has 0 unspecified atom stereocenters. The summed E-state index contributed by atoms with van der Waals surface area (Å²) < 4.78 is 38.2. The molecular weight excluding hydrogens is 406 g/mol. The standard InChI is InChI=1S/C18H24ClN3O5S/c1-18(2,17(23)27-4)9-14-8-13(10-22(14)11-20)21-28(24,25)16-7-12(19)5-6-15(16)26-3/h5-7,13-14,21H,8-10H2,1-4H3/t13-,14+/m1/s1. The van der Waals surface area contributed by atoms with E-state index in [4.69, 9.17) is 21.1 Å². The van der Waals surface area contributed by atoms with Crippen molar-refractivity contribution in [2.45, 2.75) is 43.7 Å². The van der Waals surface area contributed by atoms with Crippen molar-refractivity contribution >= 4 is 27.6 Å². The van der Waals surface area contributed by atoms with Gasteiger partial charge in [0.25, 0.3) is 0 Å². The fraction of sp³-hybridized carbons (Fsp3) is 0.556. The number of nitrogens with zero attached hydrogens (tertiary/aromatic N) is 2. The molecule has 0 saturated carbocycles. The van der Waals surface area contributed by atoms with Crippen LogP contribution in [0.15, 0.2) is 23.1 Å². The molecule has 0 bridgehead atoms. The number of carbonyl (C=O) groups is 1. The number of esters is 1. The summed E-state index contributed by atoms with van der Waals surface area (Å²) in [5.74, 6) is -0.200. The van der Waals surface area contributed by atoms with Crippen molar-refractivity contribution in [1.82, 2.24) is 9.62 Å². The number of hydrogen-bond acceptors (Lipinski definition) is 7. The number of hydrogen-bond donors (Lipinski definition) is 1. The molecule has 154 valence electrons.